The van der Waals surface area contributed by atoms with Gasteiger partial charge in [-0.3, -0.25) is 0 Å². The topological polar surface area (TPSA) is 48.7 Å². The van der Waals surface area contributed by atoms with Crippen LogP contribution in [-0.2, 0) is 0 Å². The predicted octanol–water partition coefficient (Wildman–Crippen LogP) is 3.18. The second-order valence-electron chi connectivity index (χ2n) is 4.82. The highest BCUT2D eigenvalue weighted by Crippen LogP contribution is 2.27. The van der Waals surface area contributed by atoms with E-state index in [1.54, 1.807) is 11.3 Å². The van der Waals surface area contributed by atoms with Crippen molar-refractivity contribution in [1.82, 2.24) is 10.3 Å². The zero-order chi connectivity index (χ0) is 12.3. The first kappa shape index (κ1) is 12.5. The van der Waals surface area contributed by atoms with Crippen LogP contribution in [0.4, 0.5) is 0 Å². The fourth-order valence-electron chi connectivity index (χ4n) is 2.45. The number of hydrogen-bond acceptors (Lipinski definition) is 4. The third kappa shape index (κ3) is 3.05. The van der Waals surface area contributed by atoms with E-state index in [9.17, 15) is 0 Å². The molecular weight excluding hydrogens is 230 g/mol. The maximum absolute atomic E-state index is 9.15. The van der Waals surface area contributed by atoms with Crippen molar-refractivity contribution in [3.8, 4) is 6.07 Å². The third-order valence-electron chi connectivity index (χ3n) is 3.41. The molecule has 0 spiro atoms. The van der Waals surface area contributed by atoms with E-state index in [4.69, 9.17) is 5.26 Å². The highest BCUT2D eigenvalue weighted by molar-refractivity contribution is 7.11. The largest absolute Gasteiger partial charge is 0.304 e. The Bertz CT molecular complexity index is 407. The second kappa shape index (κ2) is 5.61. The van der Waals surface area contributed by atoms with Gasteiger partial charge in [-0.15, -0.1) is 11.3 Å². The molecule has 1 heterocycles. The average Bonchev–Trinajstić information content (AvgIpc) is 2.77. The van der Waals surface area contributed by atoms with Gasteiger partial charge in [0.1, 0.15) is 5.01 Å². The molecule has 2 rings (SSSR count). The highest BCUT2D eigenvalue weighted by atomic mass is 32.1. The van der Waals surface area contributed by atoms with Crippen molar-refractivity contribution in [2.75, 3.05) is 0 Å². The van der Waals surface area contributed by atoms with Crippen LogP contribution in [0.2, 0.25) is 0 Å². The van der Waals surface area contributed by atoms with Crippen LogP contribution < -0.4 is 5.32 Å². The maximum atomic E-state index is 9.15. The summed E-state index contributed by atoms with van der Waals surface area (Å²) in [5, 5.41) is 13.9. The Morgan fingerprint density at radius 1 is 1.53 bits per heavy atom. The number of nitrogens with zero attached hydrogens (tertiary/aromatic N) is 2. The summed E-state index contributed by atoms with van der Waals surface area (Å²) in [4.78, 5) is 5.65. The van der Waals surface area contributed by atoms with Gasteiger partial charge in [-0.2, -0.15) is 5.26 Å². The molecule has 1 aromatic rings. The predicted molar refractivity (Wildman–Crippen MR) is 69.8 cm³/mol. The smallest absolute Gasteiger partial charge is 0.109 e. The molecule has 0 radical (unpaired) electrons. The Morgan fingerprint density at radius 2 is 2.29 bits per heavy atom. The minimum absolute atomic E-state index is 0.173. The zero-order valence-electron chi connectivity index (χ0n) is 10.4. The SMILES string of the molecule is Cc1cnc(C(C)NC2CCCCC2C#N)s1. The summed E-state index contributed by atoms with van der Waals surface area (Å²) < 4.78 is 0. The van der Waals surface area contributed by atoms with Gasteiger partial charge in [0.05, 0.1) is 18.0 Å². The number of aromatic nitrogens is 1. The summed E-state index contributed by atoms with van der Waals surface area (Å²) in [6, 6.07) is 3.03. The Labute approximate surface area is 107 Å². The molecule has 1 aliphatic rings. The zero-order valence-corrected chi connectivity index (χ0v) is 11.3. The Balaban J connectivity index is 1.97. The molecule has 3 unspecified atom stereocenters. The van der Waals surface area contributed by atoms with Crippen molar-refractivity contribution >= 4 is 11.3 Å². The van der Waals surface area contributed by atoms with Crippen molar-refractivity contribution in [2.45, 2.75) is 51.6 Å². The molecule has 0 saturated heterocycles. The third-order valence-corrected chi connectivity index (χ3v) is 4.50. The van der Waals surface area contributed by atoms with Gasteiger partial charge in [0.15, 0.2) is 0 Å². The quantitative estimate of drug-likeness (QED) is 0.895. The van der Waals surface area contributed by atoms with E-state index in [1.807, 2.05) is 6.20 Å². The molecule has 92 valence electrons. The van der Waals surface area contributed by atoms with E-state index in [-0.39, 0.29) is 12.0 Å². The van der Waals surface area contributed by atoms with Crippen molar-refractivity contribution in [3.05, 3.63) is 16.1 Å². The van der Waals surface area contributed by atoms with Crippen molar-refractivity contribution in [3.63, 3.8) is 0 Å². The number of thiazole rings is 1. The summed E-state index contributed by atoms with van der Waals surface area (Å²) in [6.07, 6.45) is 6.51. The number of hydrogen-bond donors (Lipinski definition) is 1. The second-order valence-corrected chi connectivity index (χ2v) is 6.09. The molecule has 3 atom stereocenters. The van der Waals surface area contributed by atoms with Crippen LogP contribution in [0.15, 0.2) is 6.20 Å². The molecule has 0 aliphatic heterocycles. The fraction of sp³-hybridized carbons (Fsp3) is 0.692. The van der Waals surface area contributed by atoms with Crippen LogP contribution >= 0.6 is 11.3 Å². The first-order valence-electron chi connectivity index (χ1n) is 6.28. The summed E-state index contributed by atoms with van der Waals surface area (Å²) >= 11 is 1.74. The van der Waals surface area contributed by atoms with E-state index in [0.717, 1.165) is 17.8 Å². The lowest BCUT2D eigenvalue weighted by atomic mass is 9.85. The van der Waals surface area contributed by atoms with Gasteiger partial charge < -0.3 is 5.32 Å². The van der Waals surface area contributed by atoms with Crippen molar-refractivity contribution < 1.29 is 0 Å². The van der Waals surface area contributed by atoms with E-state index >= 15 is 0 Å². The minimum Gasteiger partial charge on any atom is -0.304 e. The van der Waals surface area contributed by atoms with Crippen LogP contribution in [0.5, 0.6) is 0 Å². The number of rotatable bonds is 3. The lowest BCUT2D eigenvalue weighted by molar-refractivity contribution is 0.292. The molecule has 1 saturated carbocycles. The first-order chi connectivity index (χ1) is 8.20. The lowest BCUT2D eigenvalue weighted by Gasteiger charge is -2.29. The van der Waals surface area contributed by atoms with Gasteiger partial charge in [-0.05, 0) is 26.7 Å². The molecule has 0 amide bonds. The van der Waals surface area contributed by atoms with E-state index in [1.165, 1.54) is 17.7 Å². The lowest BCUT2D eigenvalue weighted by Crippen LogP contribution is -2.39. The van der Waals surface area contributed by atoms with Gasteiger partial charge >= 0.3 is 0 Å². The number of aryl methyl sites for hydroxylation is 1. The molecule has 1 aromatic heterocycles. The minimum atomic E-state index is 0.173. The Hall–Kier alpha value is -0.920. The van der Waals surface area contributed by atoms with E-state index in [2.05, 4.69) is 30.2 Å². The summed E-state index contributed by atoms with van der Waals surface area (Å²) in [6.45, 7) is 4.22. The molecule has 1 aliphatic carbocycles. The van der Waals surface area contributed by atoms with Gasteiger partial charge in [-0.1, -0.05) is 12.8 Å². The van der Waals surface area contributed by atoms with E-state index < -0.39 is 0 Å². The van der Waals surface area contributed by atoms with Gasteiger partial charge in [0, 0.05) is 17.1 Å². The number of nitriles is 1. The van der Waals surface area contributed by atoms with Crippen LogP contribution in [0.3, 0.4) is 0 Å². The maximum Gasteiger partial charge on any atom is 0.109 e. The Morgan fingerprint density at radius 3 is 2.94 bits per heavy atom. The standard InChI is InChI=1S/C13H19N3S/c1-9-8-15-13(17-9)10(2)16-12-6-4-3-5-11(12)7-14/h8,10-12,16H,3-6H2,1-2H3. The molecule has 0 aromatic carbocycles. The van der Waals surface area contributed by atoms with Crippen LogP contribution in [0, 0.1) is 24.2 Å². The van der Waals surface area contributed by atoms with Gasteiger partial charge in [-0.25, -0.2) is 4.98 Å². The summed E-state index contributed by atoms with van der Waals surface area (Å²) in [5.74, 6) is 0.173. The monoisotopic (exact) mass is 249 g/mol. The molecule has 3 nitrogen and oxygen atoms in total. The van der Waals surface area contributed by atoms with Gasteiger partial charge in [0.2, 0.25) is 0 Å². The molecular formula is C13H19N3S. The molecule has 17 heavy (non-hydrogen) atoms. The molecule has 4 heteroatoms. The van der Waals surface area contributed by atoms with E-state index in [0.29, 0.717) is 6.04 Å². The van der Waals surface area contributed by atoms with Gasteiger partial charge in [0.25, 0.3) is 0 Å². The summed E-state index contributed by atoms with van der Waals surface area (Å²) in [7, 11) is 0. The Kier molecular flexibility index (Phi) is 4.14. The van der Waals surface area contributed by atoms with Crippen molar-refractivity contribution in [1.29, 1.82) is 5.26 Å². The van der Waals surface area contributed by atoms with Crippen molar-refractivity contribution in [2.24, 2.45) is 5.92 Å². The average molecular weight is 249 g/mol. The molecule has 0 bridgehead atoms. The highest BCUT2D eigenvalue weighted by Gasteiger charge is 2.26. The number of nitrogens with one attached hydrogen (secondary N) is 1. The normalized spacial score (nSPS) is 26.4. The van der Waals surface area contributed by atoms with Crippen LogP contribution in [0.25, 0.3) is 0 Å². The molecule has 1 fully saturated rings. The van der Waals surface area contributed by atoms with Crippen LogP contribution in [-0.4, -0.2) is 11.0 Å². The first-order valence-corrected chi connectivity index (χ1v) is 7.10. The summed E-state index contributed by atoms with van der Waals surface area (Å²) in [5.41, 5.74) is 0. The fourth-order valence-corrected chi connectivity index (χ4v) is 3.24. The van der Waals surface area contributed by atoms with Crippen LogP contribution in [0.1, 0.15) is 48.5 Å². The molecule has 1 N–H and O–H groups in total.